The lowest BCUT2D eigenvalue weighted by atomic mass is 10.2. The Morgan fingerprint density at radius 2 is 1.82 bits per heavy atom. The van der Waals surface area contributed by atoms with Gasteiger partial charge in [0.15, 0.2) is 5.13 Å². The van der Waals surface area contributed by atoms with E-state index in [0.717, 1.165) is 28.4 Å². The third kappa shape index (κ3) is 4.80. The van der Waals surface area contributed by atoms with Crippen molar-refractivity contribution in [3.8, 4) is 5.75 Å². The third-order valence-electron chi connectivity index (χ3n) is 4.33. The fourth-order valence-electron chi connectivity index (χ4n) is 2.94. The Morgan fingerprint density at radius 3 is 2.53 bits per heavy atom. The van der Waals surface area contributed by atoms with Crippen molar-refractivity contribution in [1.82, 2.24) is 15.0 Å². The van der Waals surface area contributed by atoms with Gasteiger partial charge in [-0.15, -0.1) is 24.5 Å². The van der Waals surface area contributed by atoms with Crippen LogP contribution in [0.3, 0.4) is 0 Å². The highest BCUT2D eigenvalue weighted by atomic mass is 32.1. The number of guanidine groups is 1. The summed E-state index contributed by atoms with van der Waals surface area (Å²) in [5.74, 6) is -3.04. The van der Waals surface area contributed by atoms with E-state index in [1.165, 1.54) is 17.5 Å². The van der Waals surface area contributed by atoms with Crippen LogP contribution in [-0.4, -0.2) is 39.1 Å². The number of carbonyl (C=O) groups is 2. The van der Waals surface area contributed by atoms with Crippen LogP contribution < -0.4 is 20.7 Å². The summed E-state index contributed by atoms with van der Waals surface area (Å²) in [5.41, 5.74) is 6.20. The molecule has 0 atom stereocenters. The summed E-state index contributed by atoms with van der Waals surface area (Å²) in [6, 6.07) is 11.7. The van der Waals surface area contributed by atoms with Crippen LogP contribution in [-0.2, 0) is 0 Å². The van der Waals surface area contributed by atoms with Crippen molar-refractivity contribution >= 4 is 51.2 Å². The van der Waals surface area contributed by atoms with Gasteiger partial charge in [0.25, 0.3) is 11.8 Å². The Bertz CT molecular complexity index is 1370. The van der Waals surface area contributed by atoms with E-state index in [9.17, 15) is 22.8 Å². The van der Waals surface area contributed by atoms with Crippen LogP contribution in [0.25, 0.3) is 11.0 Å². The fourth-order valence-corrected chi connectivity index (χ4v) is 3.62. The number of fused-ring (bicyclic) bond motifs is 1. The number of nitrogens with zero attached hydrogens (tertiary/aromatic N) is 3. The molecule has 2 heterocycles. The zero-order valence-corrected chi connectivity index (χ0v) is 17.7. The smallest absolute Gasteiger partial charge is 0.405 e. The molecule has 5 N–H and O–H groups in total. The molecule has 0 aliphatic carbocycles. The van der Waals surface area contributed by atoms with Crippen molar-refractivity contribution in [1.29, 1.82) is 5.41 Å². The number of aromatic amines is 1. The number of hydrogen-bond donors (Lipinski definition) is 4. The van der Waals surface area contributed by atoms with Crippen LogP contribution in [0.15, 0.2) is 53.9 Å². The van der Waals surface area contributed by atoms with Gasteiger partial charge in [0.05, 0.1) is 16.6 Å². The molecule has 174 valence electrons. The zero-order valence-electron chi connectivity index (χ0n) is 16.9. The Balaban J connectivity index is 1.55. The molecule has 0 aliphatic rings. The topological polar surface area (TPSA) is 150 Å². The number of rotatable bonds is 5. The van der Waals surface area contributed by atoms with Gasteiger partial charge in [-0.2, -0.15) is 0 Å². The molecule has 34 heavy (non-hydrogen) atoms. The summed E-state index contributed by atoms with van der Waals surface area (Å²) in [4.78, 5) is 37.4. The lowest BCUT2D eigenvalue weighted by Gasteiger charge is -2.16. The van der Waals surface area contributed by atoms with Crippen molar-refractivity contribution in [3.05, 3.63) is 65.2 Å². The number of nitrogens with two attached hydrogens (primary N) is 1. The van der Waals surface area contributed by atoms with E-state index < -0.39 is 29.9 Å². The number of halogens is 3. The standard InChI is InChI=1S/C20H14F3N7O3S/c21-20(22,23)33-14-8-4-1-5-10(14)15(31)29-19-28-13(9-34-19)16(32)30(17(24)25)18-26-11-6-2-3-7-12(11)27-18/h1-9H,(H3,24,25)(H,26,27)(H,28,29,31). The van der Waals surface area contributed by atoms with E-state index in [4.69, 9.17) is 11.1 Å². The average molecular weight is 489 g/mol. The lowest BCUT2D eigenvalue weighted by molar-refractivity contribution is -0.274. The molecule has 10 nitrogen and oxygen atoms in total. The SMILES string of the molecule is N=C(N)N(C(=O)c1csc(NC(=O)c2ccccc2OC(F)(F)F)n1)c1nc2ccccc2[nH]1. The van der Waals surface area contributed by atoms with Crippen LogP contribution in [0.4, 0.5) is 24.3 Å². The summed E-state index contributed by atoms with van der Waals surface area (Å²) in [5, 5.41) is 11.4. The van der Waals surface area contributed by atoms with Gasteiger partial charge < -0.3 is 15.5 Å². The van der Waals surface area contributed by atoms with E-state index in [-0.39, 0.29) is 22.3 Å². The molecular weight excluding hydrogens is 475 g/mol. The number of imidazole rings is 1. The van der Waals surface area contributed by atoms with E-state index in [1.54, 1.807) is 24.3 Å². The number of benzene rings is 2. The van der Waals surface area contributed by atoms with Gasteiger partial charge >= 0.3 is 6.36 Å². The maximum atomic E-state index is 13.0. The Hall–Kier alpha value is -4.46. The number of aromatic nitrogens is 3. The number of ether oxygens (including phenoxy) is 1. The van der Waals surface area contributed by atoms with Crippen molar-refractivity contribution in [2.75, 3.05) is 10.2 Å². The first kappa shape index (κ1) is 22.7. The highest BCUT2D eigenvalue weighted by Gasteiger charge is 2.33. The van der Waals surface area contributed by atoms with Crippen molar-refractivity contribution in [2.24, 2.45) is 5.73 Å². The summed E-state index contributed by atoms with van der Waals surface area (Å²) in [7, 11) is 0. The largest absolute Gasteiger partial charge is 0.573 e. The second kappa shape index (κ2) is 8.82. The van der Waals surface area contributed by atoms with Crippen LogP contribution in [0, 0.1) is 5.41 Å². The predicted molar refractivity (Wildman–Crippen MR) is 118 cm³/mol. The third-order valence-corrected chi connectivity index (χ3v) is 5.09. The van der Waals surface area contributed by atoms with Crippen molar-refractivity contribution < 1.29 is 27.5 Å². The van der Waals surface area contributed by atoms with Crippen LogP contribution in [0.1, 0.15) is 20.8 Å². The normalized spacial score (nSPS) is 11.3. The molecule has 2 amide bonds. The Morgan fingerprint density at radius 1 is 1.12 bits per heavy atom. The van der Waals surface area contributed by atoms with Crippen molar-refractivity contribution in [3.63, 3.8) is 0 Å². The first-order valence-corrected chi connectivity index (χ1v) is 10.3. The van der Waals surface area contributed by atoms with Crippen LogP contribution >= 0.6 is 11.3 Å². The molecule has 4 aromatic rings. The minimum Gasteiger partial charge on any atom is -0.405 e. The van der Waals surface area contributed by atoms with Gasteiger partial charge in [-0.1, -0.05) is 24.3 Å². The van der Waals surface area contributed by atoms with Gasteiger partial charge in [0.1, 0.15) is 11.4 Å². The average Bonchev–Trinajstić information content (AvgIpc) is 3.39. The van der Waals surface area contributed by atoms with E-state index >= 15 is 0 Å². The molecule has 4 rings (SSSR count). The molecule has 0 fully saturated rings. The minimum atomic E-state index is -4.98. The Kier molecular flexibility index (Phi) is 5.89. The molecule has 2 aromatic heterocycles. The van der Waals surface area contributed by atoms with E-state index in [2.05, 4.69) is 25.0 Å². The maximum Gasteiger partial charge on any atom is 0.573 e. The highest BCUT2D eigenvalue weighted by molar-refractivity contribution is 7.14. The molecule has 2 aromatic carbocycles. The predicted octanol–water partition coefficient (Wildman–Crippen LogP) is 3.71. The second-order valence-corrected chi connectivity index (χ2v) is 7.50. The summed E-state index contributed by atoms with van der Waals surface area (Å²) >= 11 is 0.854. The number of para-hydroxylation sites is 3. The molecule has 0 bridgehead atoms. The van der Waals surface area contributed by atoms with Crippen molar-refractivity contribution in [2.45, 2.75) is 6.36 Å². The number of thiazole rings is 1. The Labute approximate surface area is 192 Å². The molecule has 0 saturated carbocycles. The number of carbonyl (C=O) groups excluding carboxylic acids is 2. The van der Waals surface area contributed by atoms with Crippen LogP contribution in [0.2, 0.25) is 0 Å². The summed E-state index contributed by atoms with van der Waals surface area (Å²) in [6.45, 7) is 0. The van der Waals surface area contributed by atoms with Gasteiger partial charge in [-0.3, -0.25) is 20.3 Å². The minimum absolute atomic E-state index is 0.00416. The summed E-state index contributed by atoms with van der Waals surface area (Å²) in [6.07, 6.45) is -4.98. The number of amides is 2. The molecule has 0 saturated heterocycles. The van der Waals surface area contributed by atoms with E-state index in [0.29, 0.717) is 11.0 Å². The number of hydrogen-bond acceptors (Lipinski definition) is 7. The zero-order chi connectivity index (χ0) is 24.5. The quantitative estimate of drug-likeness (QED) is 0.248. The molecule has 0 aliphatic heterocycles. The number of H-pyrrole nitrogens is 1. The first-order valence-electron chi connectivity index (χ1n) is 9.37. The molecule has 0 unspecified atom stereocenters. The second-order valence-electron chi connectivity index (χ2n) is 6.64. The van der Waals surface area contributed by atoms with Gasteiger partial charge in [-0.25, -0.2) is 14.9 Å². The van der Waals surface area contributed by atoms with E-state index in [1.807, 2.05) is 0 Å². The van der Waals surface area contributed by atoms with Gasteiger partial charge in [0, 0.05) is 5.38 Å². The first-order chi connectivity index (χ1) is 16.1. The van der Waals surface area contributed by atoms with Gasteiger partial charge in [-0.05, 0) is 24.3 Å². The summed E-state index contributed by atoms with van der Waals surface area (Å²) < 4.78 is 41.7. The molecular formula is C20H14F3N7O3S. The number of nitrogens with one attached hydrogen (secondary N) is 3. The van der Waals surface area contributed by atoms with Gasteiger partial charge in [0.2, 0.25) is 11.9 Å². The monoisotopic (exact) mass is 489 g/mol. The fraction of sp³-hybridized carbons (Fsp3) is 0.0500. The lowest BCUT2D eigenvalue weighted by Crippen LogP contribution is -2.42. The van der Waals surface area contributed by atoms with Crippen LogP contribution in [0.5, 0.6) is 5.75 Å². The molecule has 14 heteroatoms. The highest BCUT2D eigenvalue weighted by Crippen LogP contribution is 2.28. The number of anilines is 2. The maximum absolute atomic E-state index is 13.0. The number of alkyl halides is 3. The molecule has 0 spiro atoms. The molecule has 0 radical (unpaired) electrons.